The lowest BCUT2D eigenvalue weighted by Gasteiger charge is -2.04. The Kier molecular flexibility index (Phi) is 2.35. The van der Waals surface area contributed by atoms with Crippen LogP contribution in [0.2, 0.25) is 0 Å². The molecule has 0 saturated carbocycles. The maximum atomic E-state index is 4.25. The molecule has 0 bridgehead atoms. The lowest BCUT2D eigenvalue weighted by atomic mass is 10.0. The van der Waals surface area contributed by atoms with E-state index in [-0.39, 0.29) is 0 Å². The van der Waals surface area contributed by atoms with Crippen LogP contribution in [-0.2, 0) is 0 Å². The molecule has 0 saturated heterocycles. The van der Waals surface area contributed by atoms with E-state index in [1.54, 1.807) is 0 Å². The number of H-pyrrole nitrogens is 1. The van der Waals surface area contributed by atoms with Gasteiger partial charge >= 0.3 is 0 Å². The van der Waals surface area contributed by atoms with Crippen molar-refractivity contribution in [2.75, 3.05) is 0 Å². The molecule has 0 aliphatic heterocycles. The van der Waals surface area contributed by atoms with Crippen molar-refractivity contribution in [1.82, 2.24) is 10.2 Å². The van der Waals surface area contributed by atoms with Gasteiger partial charge in [-0.05, 0) is 23.6 Å². The Balaban J connectivity index is 2.47. The highest BCUT2D eigenvalue weighted by atomic mass is 15.1. The van der Waals surface area contributed by atoms with Gasteiger partial charge in [0.25, 0.3) is 0 Å². The number of aromatic amines is 1. The van der Waals surface area contributed by atoms with Crippen LogP contribution in [0.3, 0.4) is 0 Å². The van der Waals surface area contributed by atoms with Gasteiger partial charge in [-0.3, -0.25) is 5.10 Å². The molecule has 1 radical (unpaired) electrons. The minimum Gasteiger partial charge on any atom is -0.285 e. The van der Waals surface area contributed by atoms with E-state index in [2.05, 4.69) is 36.2 Å². The van der Waals surface area contributed by atoms with Crippen LogP contribution >= 0.6 is 0 Å². The SMILES string of the molecule is CC(C)c1n[nH]cc1-c1c[c]ccc1. The normalized spacial score (nSPS) is 10.8. The van der Waals surface area contributed by atoms with Crippen molar-refractivity contribution in [2.24, 2.45) is 0 Å². The molecule has 0 atom stereocenters. The van der Waals surface area contributed by atoms with Crippen molar-refractivity contribution in [1.29, 1.82) is 0 Å². The van der Waals surface area contributed by atoms with E-state index in [1.807, 2.05) is 24.4 Å². The molecule has 1 heterocycles. The van der Waals surface area contributed by atoms with Gasteiger partial charge in [0.1, 0.15) is 0 Å². The van der Waals surface area contributed by atoms with Crippen LogP contribution in [-0.4, -0.2) is 10.2 Å². The van der Waals surface area contributed by atoms with Gasteiger partial charge in [-0.15, -0.1) is 0 Å². The van der Waals surface area contributed by atoms with E-state index in [0.29, 0.717) is 5.92 Å². The summed E-state index contributed by atoms with van der Waals surface area (Å²) < 4.78 is 0. The molecule has 1 aromatic heterocycles. The molecule has 2 aromatic rings. The summed E-state index contributed by atoms with van der Waals surface area (Å²) in [6, 6.07) is 11.0. The highest BCUT2D eigenvalue weighted by molar-refractivity contribution is 5.65. The van der Waals surface area contributed by atoms with Gasteiger partial charge in [0, 0.05) is 11.8 Å². The van der Waals surface area contributed by atoms with Crippen LogP contribution < -0.4 is 0 Å². The van der Waals surface area contributed by atoms with E-state index >= 15 is 0 Å². The van der Waals surface area contributed by atoms with Gasteiger partial charge in [0.05, 0.1) is 5.69 Å². The maximum Gasteiger partial charge on any atom is 0.0725 e. The Morgan fingerprint density at radius 2 is 2.29 bits per heavy atom. The number of hydrogen-bond acceptors (Lipinski definition) is 1. The molecule has 1 aromatic carbocycles. The van der Waals surface area contributed by atoms with E-state index < -0.39 is 0 Å². The van der Waals surface area contributed by atoms with Gasteiger partial charge in [0.2, 0.25) is 0 Å². The molecule has 0 aliphatic carbocycles. The second kappa shape index (κ2) is 3.66. The molecule has 2 nitrogen and oxygen atoms in total. The topological polar surface area (TPSA) is 28.7 Å². The molecule has 14 heavy (non-hydrogen) atoms. The first-order valence-corrected chi connectivity index (χ1v) is 4.79. The van der Waals surface area contributed by atoms with Crippen molar-refractivity contribution in [3.05, 3.63) is 42.2 Å². The monoisotopic (exact) mass is 185 g/mol. The summed E-state index contributed by atoms with van der Waals surface area (Å²) in [7, 11) is 0. The fourth-order valence-electron chi connectivity index (χ4n) is 1.53. The zero-order chi connectivity index (χ0) is 9.97. The Bertz CT molecular complexity index is 401. The van der Waals surface area contributed by atoms with Crippen molar-refractivity contribution in [2.45, 2.75) is 19.8 Å². The van der Waals surface area contributed by atoms with Crippen molar-refractivity contribution < 1.29 is 0 Å². The number of rotatable bonds is 2. The van der Waals surface area contributed by atoms with Gasteiger partial charge in [-0.1, -0.05) is 32.0 Å². The summed E-state index contributed by atoms with van der Waals surface area (Å²) in [5, 5.41) is 7.17. The molecule has 71 valence electrons. The Hall–Kier alpha value is -1.57. The van der Waals surface area contributed by atoms with Crippen LogP contribution in [0.15, 0.2) is 30.5 Å². The Morgan fingerprint density at radius 3 is 2.93 bits per heavy atom. The molecule has 0 unspecified atom stereocenters. The third-order valence-electron chi connectivity index (χ3n) is 2.23. The summed E-state index contributed by atoms with van der Waals surface area (Å²) in [4.78, 5) is 0. The number of benzene rings is 1. The number of aromatic nitrogens is 2. The van der Waals surface area contributed by atoms with Crippen LogP contribution in [0.5, 0.6) is 0 Å². The molecule has 0 fully saturated rings. The lowest BCUT2D eigenvalue weighted by Crippen LogP contribution is -1.90. The summed E-state index contributed by atoms with van der Waals surface area (Å²) in [6.07, 6.45) is 1.94. The molecule has 2 heteroatoms. The highest BCUT2D eigenvalue weighted by Crippen LogP contribution is 2.26. The second-order valence-electron chi connectivity index (χ2n) is 3.63. The largest absolute Gasteiger partial charge is 0.285 e. The zero-order valence-corrected chi connectivity index (χ0v) is 8.41. The highest BCUT2D eigenvalue weighted by Gasteiger charge is 2.10. The molecule has 0 spiro atoms. The van der Waals surface area contributed by atoms with Crippen LogP contribution in [0.25, 0.3) is 11.1 Å². The van der Waals surface area contributed by atoms with Gasteiger partial charge in [0.15, 0.2) is 0 Å². The molecule has 0 amide bonds. The smallest absolute Gasteiger partial charge is 0.0725 e. The van der Waals surface area contributed by atoms with Crippen molar-refractivity contribution >= 4 is 0 Å². The fraction of sp³-hybridized carbons (Fsp3) is 0.250. The fourth-order valence-corrected chi connectivity index (χ4v) is 1.53. The average Bonchev–Trinajstić information content (AvgIpc) is 2.67. The van der Waals surface area contributed by atoms with Gasteiger partial charge in [-0.2, -0.15) is 5.10 Å². The van der Waals surface area contributed by atoms with E-state index in [4.69, 9.17) is 0 Å². The first kappa shape index (κ1) is 9.00. The molecular formula is C12H13N2. The minimum atomic E-state index is 0.441. The number of nitrogens with one attached hydrogen (secondary N) is 1. The van der Waals surface area contributed by atoms with Crippen LogP contribution in [0, 0.1) is 6.07 Å². The van der Waals surface area contributed by atoms with Crippen molar-refractivity contribution in [3.8, 4) is 11.1 Å². The van der Waals surface area contributed by atoms with Crippen LogP contribution in [0.4, 0.5) is 0 Å². The summed E-state index contributed by atoms with van der Waals surface area (Å²) in [6.45, 7) is 4.29. The Labute approximate surface area is 84.0 Å². The molecule has 1 N–H and O–H groups in total. The van der Waals surface area contributed by atoms with Gasteiger partial charge < -0.3 is 0 Å². The quantitative estimate of drug-likeness (QED) is 0.765. The predicted octanol–water partition coefficient (Wildman–Crippen LogP) is 3.00. The third kappa shape index (κ3) is 1.55. The third-order valence-corrected chi connectivity index (χ3v) is 2.23. The predicted molar refractivity (Wildman–Crippen MR) is 56.9 cm³/mol. The number of nitrogens with zero attached hydrogens (tertiary/aromatic N) is 1. The maximum absolute atomic E-state index is 4.25. The first-order valence-electron chi connectivity index (χ1n) is 4.79. The summed E-state index contributed by atoms with van der Waals surface area (Å²) in [5.41, 5.74) is 3.46. The first-order chi connectivity index (χ1) is 6.79. The summed E-state index contributed by atoms with van der Waals surface area (Å²) >= 11 is 0. The van der Waals surface area contributed by atoms with Crippen molar-refractivity contribution in [3.63, 3.8) is 0 Å². The van der Waals surface area contributed by atoms with E-state index in [1.165, 1.54) is 11.1 Å². The average molecular weight is 185 g/mol. The lowest BCUT2D eigenvalue weighted by molar-refractivity contribution is 0.812. The van der Waals surface area contributed by atoms with Crippen LogP contribution in [0.1, 0.15) is 25.5 Å². The van der Waals surface area contributed by atoms with Gasteiger partial charge in [-0.25, -0.2) is 0 Å². The van der Waals surface area contributed by atoms with E-state index in [9.17, 15) is 0 Å². The molecular weight excluding hydrogens is 172 g/mol. The molecule has 2 rings (SSSR count). The number of hydrogen-bond donors (Lipinski definition) is 1. The summed E-state index contributed by atoms with van der Waals surface area (Å²) in [5.74, 6) is 0.441. The Morgan fingerprint density at radius 1 is 1.43 bits per heavy atom. The minimum absolute atomic E-state index is 0.441. The van der Waals surface area contributed by atoms with E-state index in [0.717, 1.165) is 5.69 Å². The second-order valence-corrected chi connectivity index (χ2v) is 3.63. The standard InChI is InChI=1S/C12H13N2/c1-9(2)12-11(8-13-14-12)10-6-4-3-5-7-10/h3-4,6-9H,1-2H3,(H,13,14). The zero-order valence-electron chi connectivity index (χ0n) is 8.41. The molecule has 0 aliphatic rings.